The standard InChI is InChI=1S/C29H34N4O3/c1-35-28-7-2-4-24(18-28)21-33(27-6-3-5-26(19-27)32-14-16-36-17-15-32)25-10-8-23(9-11-25)20-31-13-12-30-29(34)22-31/h2-11,18-19H,12-17,20-22H2,1H3,(H,30,34). The van der Waals surface area contributed by atoms with Gasteiger partial charge in [0.25, 0.3) is 0 Å². The van der Waals surface area contributed by atoms with Crippen LogP contribution in [0, 0.1) is 0 Å². The van der Waals surface area contributed by atoms with Crippen molar-refractivity contribution < 1.29 is 14.3 Å². The van der Waals surface area contributed by atoms with Crippen LogP contribution in [-0.2, 0) is 22.6 Å². The van der Waals surface area contributed by atoms with Crippen LogP contribution in [-0.4, -0.2) is 63.9 Å². The summed E-state index contributed by atoms with van der Waals surface area (Å²) in [5.41, 5.74) is 5.86. The number of nitrogens with one attached hydrogen (secondary N) is 1. The summed E-state index contributed by atoms with van der Waals surface area (Å²) in [5.74, 6) is 0.956. The van der Waals surface area contributed by atoms with Gasteiger partial charge in [-0.15, -0.1) is 0 Å². The molecule has 5 rings (SSSR count). The van der Waals surface area contributed by atoms with E-state index in [0.29, 0.717) is 13.1 Å². The highest BCUT2D eigenvalue weighted by Gasteiger charge is 2.18. The minimum Gasteiger partial charge on any atom is -0.497 e. The van der Waals surface area contributed by atoms with Gasteiger partial charge in [-0.25, -0.2) is 0 Å². The molecule has 0 unspecified atom stereocenters. The van der Waals surface area contributed by atoms with E-state index in [1.165, 1.54) is 16.8 Å². The molecule has 0 bridgehead atoms. The van der Waals surface area contributed by atoms with E-state index in [1.807, 2.05) is 12.1 Å². The number of rotatable bonds is 8. The number of carbonyl (C=O) groups is 1. The van der Waals surface area contributed by atoms with Gasteiger partial charge in [-0.3, -0.25) is 9.69 Å². The van der Waals surface area contributed by atoms with E-state index in [9.17, 15) is 4.79 Å². The summed E-state index contributed by atoms with van der Waals surface area (Å²) in [4.78, 5) is 18.7. The van der Waals surface area contributed by atoms with Gasteiger partial charge in [-0.05, 0) is 53.6 Å². The number of nitrogens with zero attached hydrogens (tertiary/aromatic N) is 3. The van der Waals surface area contributed by atoms with Crippen LogP contribution < -0.4 is 19.9 Å². The summed E-state index contributed by atoms with van der Waals surface area (Å²) >= 11 is 0. The van der Waals surface area contributed by atoms with Crippen molar-refractivity contribution >= 4 is 23.0 Å². The Balaban J connectivity index is 1.41. The van der Waals surface area contributed by atoms with Gasteiger partial charge in [0.15, 0.2) is 0 Å². The molecule has 2 aliphatic heterocycles. The molecule has 3 aromatic carbocycles. The molecule has 2 aliphatic rings. The fraction of sp³-hybridized carbons (Fsp3) is 0.345. The molecule has 1 N–H and O–H groups in total. The number of benzene rings is 3. The van der Waals surface area contributed by atoms with E-state index in [1.54, 1.807) is 7.11 Å². The van der Waals surface area contributed by atoms with Crippen molar-refractivity contribution in [3.63, 3.8) is 0 Å². The SMILES string of the molecule is COc1cccc(CN(c2ccc(CN3CCNC(=O)C3)cc2)c2cccc(N3CCOCC3)c2)c1. The van der Waals surface area contributed by atoms with E-state index >= 15 is 0 Å². The largest absolute Gasteiger partial charge is 0.497 e. The third-order valence-electron chi connectivity index (χ3n) is 6.76. The summed E-state index contributed by atoms with van der Waals surface area (Å²) in [7, 11) is 1.70. The molecule has 0 radical (unpaired) electrons. The molecule has 0 atom stereocenters. The van der Waals surface area contributed by atoms with Gasteiger partial charge in [-0.2, -0.15) is 0 Å². The van der Waals surface area contributed by atoms with Crippen LogP contribution in [0.25, 0.3) is 0 Å². The van der Waals surface area contributed by atoms with Crippen LogP contribution in [0.1, 0.15) is 11.1 Å². The van der Waals surface area contributed by atoms with Crippen LogP contribution >= 0.6 is 0 Å². The zero-order chi connectivity index (χ0) is 24.7. The predicted molar refractivity (Wildman–Crippen MR) is 143 cm³/mol. The fourth-order valence-electron chi connectivity index (χ4n) is 4.83. The van der Waals surface area contributed by atoms with E-state index in [4.69, 9.17) is 9.47 Å². The number of methoxy groups -OCH3 is 1. The van der Waals surface area contributed by atoms with E-state index < -0.39 is 0 Å². The van der Waals surface area contributed by atoms with Crippen molar-refractivity contribution in [2.45, 2.75) is 13.1 Å². The molecular weight excluding hydrogens is 452 g/mol. The molecule has 36 heavy (non-hydrogen) atoms. The molecule has 1 amide bonds. The fourth-order valence-corrected chi connectivity index (χ4v) is 4.83. The third-order valence-corrected chi connectivity index (χ3v) is 6.76. The second-order valence-corrected chi connectivity index (χ2v) is 9.28. The highest BCUT2D eigenvalue weighted by molar-refractivity contribution is 5.78. The number of hydrogen-bond acceptors (Lipinski definition) is 6. The number of ether oxygens (including phenoxy) is 2. The normalized spacial score (nSPS) is 16.5. The zero-order valence-electron chi connectivity index (χ0n) is 20.9. The minimum absolute atomic E-state index is 0.0995. The second-order valence-electron chi connectivity index (χ2n) is 9.28. The minimum atomic E-state index is 0.0995. The Labute approximate surface area is 213 Å². The average Bonchev–Trinajstić information content (AvgIpc) is 2.93. The maximum absolute atomic E-state index is 11.7. The lowest BCUT2D eigenvalue weighted by Crippen LogP contribution is -2.47. The van der Waals surface area contributed by atoms with Crippen molar-refractivity contribution in [2.24, 2.45) is 0 Å². The van der Waals surface area contributed by atoms with Crippen LogP contribution in [0.4, 0.5) is 17.1 Å². The van der Waals surface area contributed by atoms with E-state index in [0.717, 1.165) is 63.1 Å². The Bertz CT molecular complexity index is 1160. The van der Waals surface area contributed by atoms with Crippen molar-refractivity contribution in [1.82, 2.24) is 10.2 Å². The van der Waals surface area contributed by atoms with Gasteiger partial charge in [0, 0.05) is 56.3 Å². The quantitative estimate of drug-likeness (QED) is 0.523. The smallest absolute Gasteiger partial charge is 0.234 e. The Morgan fingerprint density at radius 3 is 2.50 bits per heavy atom. The predicted octanol–water partition coefficient (Wildman–Crippen LogP) is 3.80. The zero-order valence-corrected chi connectivity index (χ0v) is 20.9. The molecule has 188 valence electrons. The lowest BCUT2D eigenvalue weighted by atomic mass is 10.1. The van der Waals surface area contributed by atoms with Crippen LogP contribution in [0.5, 0.6) is 5.75 Å². The van der Waals surface area contributed by atoms with Gasteiger partial charge < -0.3 is 24.6 Å². The number of carbonyl (C=O) groups excluding carboxylic acids is 1. The van der Waals surface area contributed by atoms with Gasteiger partial charge in [0.05, 0.1) is 26.9 Å². The van der Waals surface area contributed by atoms with Crippen LogP contribution in [0.2, 0.25) is 0 Å². The molecule has 7 heteroatoms. The van der Waals surface area contributed by atoms with Gasteiger partial charge in [0.1, 0.15) is 5.75 Å². The summed E-state index contributed by atoms with van der Waals surface area (Å²) < 4.78 is 11.0. The Kier molecular flexibility index (Phi) is 7.69. The van der Waals surface area contributed by atoms with Crippen LogP contribution in [0.3, 0.4) is 0 Å². The molecule has 0 saturated carbocycles. The summed E-state index contributed by atoms with van der Waals surface area (Å²) in [6.45, 7) is 6.87. The van der Waals surface area contributed by atoms with Gasteiger partial charge in [0.2, 0.25) is 5.91 Å². The number of anilines is 3. The lowest BCUT2D eigenvalue weighted by Gasteiger charge is -2.31. The molecule has 7 nitrogen and oxygen atoms in total. The number of morpholine rings is 1. The maximum Gasteiger partial charge on any atom is 0.234 e. The average molecular weight is 487 g/mol. The van der Waals surface area contributed by atoms with Crippen molar-refractivity contribution in [3.05, 3.63) is 83.9 Å². The van der Waals surface area contributed by atoms with Gasteiger partial charge >= 0.3 is 0 Å². The monoisotopic (exact) mass is 486 g/mol. The van der Waals surface area contributed by atoms with Crippen molar-refractivity contribution in [1.29, 1.82) is 0 Å². The lowest BCUT2D eigenvalue weighted by molar-refractivity contribution is -0.124. The molecule has 0 aliphatic carbocycles. The summed E-state index contributed by atoms with van der Waals surface area (Å²) in [6.07, 6.45) is 0. The molecular formula is C29H34N4O3. The highest BCUT2D eigenvalue weighted by Crippen LogP contribution is 2.32. The molecule has 0 spiro atoms. The number of hydrogen-bond donors (Lipinski definition) is 1. The molecule has 2 saturated heterocycles. The molecule has 0 aromatic heterocycles. The number of piperazine rings is 1. The molecule has 2 fully saturated rings. The first-order chi connectivity index (χ1) is 17.7. The van der Waals surface area contributed by atoms with E-state index in [2.05, 4.69) is 80.7 Å². The first-order valence-corrected chi connectivity index (χ1v) is 12.6. The van der Waals surface area contributed by atoms with Crippen molar-refractivity contribution in [3.8, 4) is 5.75 Å². The maximum atomic E-state index is 11.7. The summed E-state index contributed by atoms with van der Waals surface area (Å²) in [5, 5.41) is 2.89. The first-order valence-electron chi connectivity index (χ1n) is 12.6. The Morgan fingerprint density at radius 2 is 1.72 bits per heavy atom. The van der Waals surface area contributed by atoms with Crippen LogP contribution in [0.15, 0.2) is 72.8 Å². The molecule has 2 heterocycles. The third kappa shape index (κ3) is 5.98. The van der Waals surface area contributed by atoms with Crippen molar-refractivity contribution in [2.75, 3.05) is 62.8 Å². The molecule has 3 aromatic rings. The Hall–Kier alpha value is -3.55. The highest BCUT2D eigenvalue weighted by atomic mass is 16.5. The van der Waals surface area contributed by atoms with Gasteiger partial charge in [-0.1, -0.05) is 30.3 Å². The summed E-state index contributed by atoms with van der Waals surface area (Å²) in [6, 6.07) is 25.7. The topological polar surface area (TPSA) is 57.3 Å². The van der Waals surface area contributed by atoms with E-state index in [-0.39, 0.29) is 5.91 Å². The first kappa shape index (κ1) is 24.2. The Morgan fingerprint density at radius 1 is 0.917 bits per heavy atom. The second kappa shape index (κ2) is 11.5. The number of amides is 1.